The highest BCUT2D eigenvalue weighted by Gasteiger charge is 2.43. The Bertz CT molecular complexity index is 357. The molecule has 0 spiro atoms. The number of methoxy groups -OCH3 is 1. The maximum absolute atomic E-state index is 11.0. The molecule has 0 unspecified atom stereocenters. The number of aliphatic hydroxyl groups excluding tert-OH is 1. The van der Waals surface area contributed by atoms with E-state index in [1.54, 1.807) is 0 Å². The first-order valence-corrected chi connectivity index (χ1v) is 5.10. The second-order valence-electron chi connectivity index (χ2n) is 3.92. The van der Waals surface area contributed by atoms with Crippen LogP contribution in [0.2, 0.25) is 0 Å². The van der Waals surface area contributed by atoms with E-state index in [2.05, 4.69) is 0 Å². The molecule has 2 N–H and O–H groups in total. The Labute approximate surface area is 93.0 Å². The predicted molar refractivity (Wildman–Crippen MR) is 54.4 cm³/mol. The van der Waals surface area contributed by atoms with Crippen molar-refractivity contribution in [3.8, 4) is 0 Å². The Hall–Kier alpha value is -1.33. The maximum Gasteiger partial charge on any atom is 0.335 e. The average Bonchev–Trinajstić information content (AvgIpc) is 2.71. The van der Waals surface area contributed by atoms with E-state index >= 15 is 0 Å². The van der Waals surface area contributed by atoms with Crippen LogP contribution >= 0.6 is 0 Å². The number of aliphatic carboxylic acids is 1. The highest BCUT2D eigenvalue weighted by molar-refractivity contribution is 5.87. The fraction of sp³-hybridized carbons (Fsp3) is 0.545. The SMILES string of the molecule is CO[C@@H]1OC=C(C(=O)O)[C@H]2CC=C(CO)[C@@H]12. The van der Waals surface area contributed by atoms with E-state index < -0.39 is 12.3 Å². The lowest BCUT2D eigenvalue weighted by Gasteiger charge is -2.33. The average molecular weight is 226 g/mol. The van der Waals surface area contributed by atoms with Gasteiger partial charge in [-0.3, -0.25) is 0 Å². The molecule has 1 aliphatic carbocycles. The molecule has 0 fully saturated rings. The number of hydrogen-bond donors (Lipinski definition) is 2. The normalized spacial score (nSPS) is 32.5. The lowest BCUT2D eigenvalue weighted by atomic mass is 9.83. The van der Waals surface area contributed by atoms with Crippen molar-refractivity contribution in [3.05, 3.63) is 23.5 Å². The summed E-state index contributed by atoms with van der Waals surface area (Å²) >= 11 is 0. The second-order valence-corrected chi connectivity index (χ2v) is 3.92. The minimum absolute atomic E-state index is 0.0860. The van der Waals surface area contributed by atoms with Crippen molar-refractivity contribution >= 4 is 5.97 Å². The van der Waals surface area contributed by atoms with Gasteiger partial charge in [0.25, 0.3) is 0 Å². The number of carboxylic acid groups (broad SMARTS) is 1. The van der Waals surface area contributed by atoms with Crippen LogP contribution in [0.4, 0.5) is 0 Å². The van der Waals surface area contributed by atoms with Crippen molar-refractivity contribution in [2.24, 2.45) is 11.8 Å². The number of ether oxygens (including phenoxy) is 2. The summed E-state index contributed by atoms with van der Waals surface area (Å²) in [5, 5.41) is 18.2. The van der Waals surface area contributed by atoms with E-state index in [9.17, 15) is 9.90 Å². The summed E-state index contributed by atoms with van der Waals surface area (Å²) < 4.78 is 10.4. The Morgan fingerprint density at radius 1 is 1.69 bits per heavy atom. The maximum atomic E-state index is 11.0. The zero-order valence-corrected chi connectivity index (χ0v) is 8.92. The number of hydrogen-bond acceptors (Lipinski definition) is 4. The summed E-state index contributed by atoms with van der Waals surface area (Å²) in [6, 6.07) is 0. The molecule has 3 atom stereocenters. The van der Waals surface area contributed by atoms with Gasteiger partial charge in [0, 0.05) is 13.0 Å². The highest BCUT2D eigenvalue weighted by atomic mass is 16.7. The fourth-order valence-electron chi connectivity index (χ4n) is 2.40. The van der Waals surface area contributed by atoms with Crippen LogP contribution < -0.4 is 0 Å². The Morgan fingerprint density at radius 3 is 3.00 bits per heavy atom. The van der Waals surface area contributed by atoms with Crippen LogP contribution in [-0.4, -0.2) is 36.2 Å². The van der Waals surface area contributed by atoms with Crippen LogP contribution in [0, 0.1) is 11.8 Å². The third kappa shape index (κ3) is 1.62. The van der Waals surface area contributed by atoms with E-state index in [1.807, 2.05) is 6.08 Å². The molecule has 0 bridgehead atoms. The topological polar surface area (TPSA) is 76.0 Å². The van der Waals surface area contributed by atoms with Gasteiger partial charge in [0.1, 0.15) is 0 Å². The molecular weight excluding hydrogens is 212 g/mol. The van der Waals surface area contributed by atoms with Gasteiger partial charge in [-0.15, -0.1) is 0 Å². The lowest BCUT2D eigenvalue weighted by molar-refractivity contribution is -0.144. The van der Waals surface area contributed by atoms with Crippen molar-refractivity contribution in [1.82, 2.24) is 0 Å². The van der Waals surface area contributed by atoms with Crippen LogP contribution in [-0.2, 0) is 14.3 Å². The van der Waals surface area contributed by atoms with Gasteiger partial charge in [-0.1, -0.05) is 6.08 Å². The number of aliphatic hydroxyl groups is 1. The summed E-state index contributed by atoms with van der Waals surface area (Å²) in [6.07, 6.45) is 3.23. The minimum atomic E-state index is -0.975. The van der Waals surface area contributed by atoms with Crippen LogP contribution in [0.15, 0.2) is 23.5 Å². The standard InChI is InChI=1S/C11H14O5/c1-15-11-9-6(4-12)2-3-7(9)8(5-16-11)10(13)14/h2,5,7,9,11-12H,3-4H2,1H3,(H,13,14)/t7-,9-,11-/m1/s1. The first-order valence-electron chi connectivity index (χ1n) is 5.10. The molecule has 0 saturated heterocycles. The Kier molecular flexibility index (Phi) is 2.98. The molecule has 16 heavy (non-hydrogen) atoms. The largest absolute Gasteiger partial charge is 0.478 e. The smallest absolute Gasteiger partial charge is 0.335 e. The van der Waals surface area contributed by atoms with Crippen LogP contribution in [0.1, 0.15) is 6.42 Å². The molecule has 2 aliphatic rings. The predicted octanol–water partition coefficient (Wildman–Crippen LogP) is 0.512. The van der Waals surface area contributed by atoms with E-state index in [-0.39, 0.29) is 24.0 Å². The molecule has 0 aromatic rings. The number of allylic oxidation sites excluding steroid dienone is 1. The fourth-order valence-corrected chi connectivity index (χ4v) is 2.40. The molecule has 5 heteroatoms. The van der Waals surface area contributed by atoms with Crippen molar-refractivity contribution in [2.45, 2.75) is 12.7 Å². The van der Waals surface area contributed by atoms with Gasteiger partial charge in [0.05, 0.1) is 24.4 Å². The molecular formula is C11H14O5. The number of rotatable bonds is 3. The zero-order valence-electron chi connectivity index (χ0n) is 8.92. The van der Waals surface area contributed by atoms with Crippen molar-refractivity contribution in [3.63, 3.8) is 0 Å². The monoisotopic (exact) mass is 226 g/mol. The summed E-state index contributed by atoms with van der Waals surface area (Å²) in [5.74, 6) is -1.32. The first kappa shape index (κ1) is 11.2. The summed E-state index contributed by atoms with van der Waals surface area (Å²) in [6.45, 7) is -0.0860. The molecule has 0 amide bonds. The lowest BCUT2D eigenvalue weighted by Crippen LogP contribution is -2.36. The van der Waals surface area contributed by atoms with E-state index in [4.69, 9.17) is 14.6 Å². The number of carbonyl (C=O) groups is 1. The van der Waals surface area contributed by atoms with Gasteiger partial charge in [0.2, 0.25) is 6.29 Å². The van der Waals surface area contributed by atoms with Gasteiger partial charge < -0.3 is 19.7 Å². The van der Waals surface area contributed by atoms with Gasteiger partial charge >= 0.3 is 5.97 Å². The quantitative estimate of drug-likeness (QED) is 0.686. The molecule has 0 saturated carbocycles. The molecule has 1 heterocycles. The van der Waals surface area contributed by atoms with E-state index in [0.717, 1.165) is 5.57 Å². The number of fused-ring (bicyclic) bond motifs is 1. The minimum Gasteiger partial charge on any atom is -0.478 e. The molecule has 2 rings (SSSR count). The van der Waals surface area contributed by atoms with Gasteiger partial charge in [-0.25, -0.2) is 4.79 Å². The summed E-state index contributed by atoms with van der Waals surface area (Å²) in [5.41, 5.74) is 1.04. The van der Waals surface area contributed by atoms with Crippen molar-refractivity contribution in [2.75, 3.05) is 13.7 Å². The van der Waals surface area contributed by atoms with E-state index in [1.165, 1.54) is 13.4 Å². The highest BCUT2D eigenvalue weighted by Crippen LogP contribution is 2.42. The molecule has 1 aliphatic heterocycles. The van der Waals surface area contributed by atoms with E-state index in [0.29, 0.717) is 6.42 Å². The van der Waals surface area contributed by atoms with Crippen LogP contribution in [0.3, 0.4) is 0 Å². The van der Waals surface area contributed by atoms with Crippen LogP contribution in [0.25, 0.3) is 0 Å². The van der Waals surface area contributed by atoms with Crippen molar-refractivity contribution in [1.29, 1.82) is 0 Å². The number of carboxylic acids is 1. The second kappa shape index (κ2) is 4.27. The summed E-state index contributed by atoms with van der Waals surface area (Å²) in [4.78, 5) is 11.0. The zero-order chi connectivity index (χ0) is 11.7. The van der Waals surface area contributed by atoms with Crippen LogP contribution in [0.5, 0.6) is 0 Å². The molecule has 0 aromatic carbocycles. The first-order chi connectivity index (χ1) is 7.69. The molecule has 5 nitrogen and oxygen atoms in total. The summed E-state index contributed by atoms with van der Waals surface area (Å²) in [7, 11) is 1.51. The van der Waals surface area contributed by atoms with Gasteiger partial charge in [0.15, 0.2) is 0 Å². The van der Waals surface area contributed by atoms with Crippen molar-refractivity contribution < 1.29 is 24.5 Å². The van der Waals surface area contributed by atoms with Gasteiger partial charge in [-0.2, -0.15) is 0 Å². The Balaban J connectivity index is 2.29. The molecule has 0 radical (unpaired) electrons. The third-order valence-electron chi connectivity index (χ3n) is 3.18. The Morgan fingerprint density at radius 2 is 2.44 bits per heavy atom. The van der Waals surface area contributed by atoms with Gasteiger partial charge in [-0.05, 0) is 12.0 Å². The third-order valence-corrected chi connectivity index (χ3v) is 3.18. The molecule has 88 valence electrons. The molecule has 0 aromatic heterocycles.